The molecule has 2 N–H and O–H groups in total. The minimum atomic E-state index is -0.273. The zero-order chi connectivity index (χ0) is 14.8. The summed E-state index contributed by atoms with van der Waals surface area (Å²) in [6.07, 6.45) is 0. The van der Waals surface area contributed by atoms with Gasteiger partial charge in [0.25, 0.3) is 0 Å². The summed E-state index contributed by atoms with van der Waals surface area (Å²) in [7, 11) is 0. The van der Waals surface area contributed by atoms with Crippen molar-refractivity contribution in [1.29, 1.82) is 0 Å². The third-order valence-electron chi connectivity index (χ3n) is 3.30. The largest absolute Gasteiger partial charge is 0.457 e. The molecule has 1 aliphatic rings. The second-order valence-electron chi connectivity index (χ2n) is 4.79. The van der Waals surface area contributed by atoms with E-state index in [9.17, 15) is 4.79 Å². The van der Waals surface area contributed by atoms with Crippen LogP contribution in [0.3, 0.4) is 0 Å². The van der Waals surface area contributed by atoms with Crippen molar-refractivity contribution < 1.29 is 9.53 Å². The van der Waals surface area contributed by atoms with Crippen molar-refractivity contribution in [3.05, 3.63) is 52.5 Å². The van der Waals surface area contributed by atoms with Crippen molar-refractivity contribution in [3.63, 3.8) is 0 Å². The minimum Gasteiger partial charge on any atom is -0.457 e. The third-order valence-corrected chi connectivity index (χ3v) is 3.79. The molecule has 5 heteroatoms. The molecule has 1 atom stereocenters. The molecule has 108 valence electrons. The summed E-state index contributed by atoms with van der Waals surface area (Å²) >= 11 is 3.41. The van der Waals surface area contributed by atoms with Gasteiger partial charge in [0, 0.05) is 21.8 Å². The molecule has 1 unspecified atom stereocenters. The van der Waals surface area contributed by atoms with Crippen molar-refractivity contribution in [2.75, 3.05) is 11.9 Å². The topological polar surface area (TPSA) is 50.4 Å². The summed E-state index contributed by atoms with van der Waals surface area (Å²) in [4.78, 5) is 11.9. The fourth-order valence-electron chi connectivity index (χ4n) is 2.38. The summed E-state index contributed by atoms with van der Waals surface area (Å²) in [6, 6.07) is 13.0. The van der Waals surface area contributed by atoms with Gasteiger partial charge in [0.2, 0.25) is 5.91 Å². The number of nitrogens with one attached hydrogen (secondary N) is 2. The van der Waals surface area contributed by atoms with Gasteiger partial charge in [-0.15, -0.1) is 0 Å². The van der Waals surface area contributed by atoms with E-state index in [1.807, 2.05) is 49.4 Å². The number of likely N-dealkylation sites (N-methyl/N-ethyl adjacent to an activating group) is 1. The van der Waals surface area contributed by atoms with Gasteiger partial charge < -0.3 is 15.4 Å². The maximum absolute atomic E-state index is 11.9. The molecule has 0 fully saturated rings. The number of carbonyl (C=O) groups excluding carboxylic acids is 1. The van der Waals surface area contributed by atoms with Crippen molar-refractivity contribution in [1.82, 2.24) is 5.32 Å². The summed E-state index contributed by atoms with van der Waals surface area (Å²) < 4.78 is 6.77. The average molecular weight is 347 g/mol. The van der Waals surface area contributed by atoms with E-state index in [0.29, 0.717) is 5.75 Å². The number of carbonyl (C=O) groups is 1. The lowest BCUT2D eigenvalue weighted by atomic mass is 10.1. The Morgan fingerprint density at radius 1 is 1.24 bits per heavy atom. The van der Waals surface area contributed by atoms with Crippen molar-refractivity contribution in [2.24, 2.45) is 0 Å². The van der Waals surface area contributed by atoms with Crippen molar-refractivity contribution in [2.45, 2.75) is 13.0 Å². The highest BCUT2D eigenvalue weighted by atomic mass is 79.9. The van der Waals surface area contributed by atoms with Gasteiger partial charge in [-0.05, 0) is 30.8 Å². The number of hydrogen-bond acceptors (Lipinski definition) is 3. The minimum absolute atomic E-state index is 0.0218. The standard InChI is InChI=1S/C16H15BrN2O2/c1-2-18-15-13-7-6-12(9-14(13)19-16(15)20)21-11-5-3-4-10(17)8-11/h3-9,15,18H,2H2,1H3,(H,19,20). The number of fused-ring (bicyclic) bond motifs is 1. The molecule has 2 aromatic rings. The predicted molar refractivity (Wildman–Crippen MR) is 85.7 cm³/mol. The predicted octanol–water partition coefficient (Wildman–Crippen LogP) is 3.84. The Kier molecular flexibility index (Phi) is 3.94. The van der Waals surface area contributed by atoms with Crippen LogP contribution in [0.4, 0.5) is 5.69 Å². The van der Waals surface area contributed by atoms with Gasteiger partial charge in [-0.1, -0.05) is 35.0 Å². The van der Waals surface area contributed by atoms with Crippen LogP contribution < -0.4 is 15.4 Å². The maximum atomic E-state index is 11.9. The summed E-state index contributed by atoms with van der Waals surface area (Å²) in [5, 5.41) is 6.05. The van der Waals surface area contributed by atoms with Crippen LogP contribution in [-0.2, 0) is 4.79 Å². The van der Waals surface area contributed by atoms with Gasteiger partial charge in [0.15, 0.2) is 0 Å². The van der Waals surface area contributed by atoms with Crippen LogP contribution in [0.15, 0.2) is 46.9 Å². The van der Waals surface area contributed by atoms with Crippen LogP contribution in [0.25, 0.3) is 0 Å². The lowest BCUT2D eigenvalue weighted by Gasteiger charge is -2.10. The average Bonchev–Trinajstić information content (AvgIpc) is 2.75. The molecule has 0 aliphatic carbocycles. The molecule has 0 bridgehead atoms. The number of benzene rings is 2. The smallest absolute Gasteiger partial charge is 0.246 e. The SMILES string of the molecule is CCNC1C(=O)Nc2cc(Oc3cccc(Br)c3)ccc21. The Labute approximate surface area is 131 Å². The Morgan fingerprint density at radius 2 is 2.05 bits per heavy atom. The number of rotatable bonds is 4. The summed E-state index contributed by atoms with van der Waals surface area (Å²) in [5.74, 6) is 1.42. The maximum Gasteiger partial charge on any atom is 0.246 e. The quantitative estimate of drug-likeness (QED) is 0.884. The highest BCUT2D eigenvalue weighted by Gasteiger charge is 2.29. The number of ether oxygens (including phenoxy) is 1. The summed E-state index contributed by atoms with van der Waals surface area (Å²) in [6.45, 7) is 2.73. The van der Waals surface area contributed by atoms with E-state index in [1.54, 1.807) is 0 Å². The first-order valence-electron chi connectivity index (χ1n) is 6.79. The first-order valence-corrected chi connectivity index (χ1v) is 7.58. The second-order valence-corrected chi connectivity index (χ2v) is 5.70. The molecular formula is C16H15BrN2O2. The highest BCUT2D eigenvalue weighted by molar-refractivity contribution is 9.10. The molecule has 0 saturated heterocycles. The molecule has 2 aromatic carbocycles. The van der Waals surface area contributed by atoms with Gasteiger partial charge in [-0.25, -0.2) is 0 Å². The number of halogens is 1. The molecule has 1 aliphatic heterocycles. The van der Waals surface area contributed by atoms with E-state index < -0.39 is 0 Å². The molecule has 0 radical (unpaired) electrons. The van der Waals surface area contributed by atoms with Crippen molar-refractivity contribution >= 4 is 27.5 Å². The molecule has 3 rings (SSSR count). The van der Waals surface area contributed by atoms with Gasteiger partial charge in [-0.2, -0.15) is 0 Å². The Bertz CT molecular complexity index is 688. The Balaban J connectivity index is 1.84. The zero-order valence-corrected chi connectivity index (χ0v) is 13.1. The van der Waals surface area contributed by atoms with Crippen LogP contribution in [0.5, 0.6) is 11.5 Å². The van der Waals surface area contributed by atoms with E-state index >= 15 is 0 Å². The normalized spacial score (nSPS) is 16.5. The van der Waals surface area contributed by atoms with Crippen molar-refractivity contribution in [3.8, 4) is 11.5 Å². The van der Waals surface area contributed by atoms with Crippen LogP contribution in [0.1, 0.15) is 18.5 Å². The van der Waals surface area contributed by atoms with E-state index in [0.717, 1.165) is 28.0 Å². The first kappa shape index (κ1) is 14.1. The molecule has 1 heterocycles. The Hall–Kier alpha value is -1.85. The fourth-order valence-corrected chi connectivity index (χ4v) is 2.76. The fraction of sp³-hybridized carbons (Fsp3) is 0.188. The summed E-state index contributed by atoms with van der Waals surface area (Å²) in [5.41, 5.74) is 1.77. The molecular weight excluding hydrogens is 332 g/mol. The lowest BCUT2D eigenvalue weighted by molar-refractivity contribution is -0.117. The van der Waals surface area contributed by atoms with E-state index in [1.165, 1.54) is 0 Å². The first-order chi connectivity index (χ1) is 10.2. The van der Waals surface area contributed by atoms with Gasteiger partial charge in [0.05, 0.1) is 0 Å². The van der Waals surface area contributed by atoms with Gasteiger partial charge >= 0.3 is 0 Å². The zero-order valence-electron chi connectivity index (χ0n) is 11.5. The number of hydrogen-bond donors (Lipinski definition) is 2. The molecule has 1 amide bonds. The van der Waals surface area contributed by atoms with Crippen LogP contribution >= 0.6 is 15.9 Å². The molecule has 21 heavy (non-hydrogen) atoms. The van der Waals surface area contributed by atoms with Crippen LogP contribution in [0.2, 0.25) is 0 Å². The van der Waals surface area contributed by atoms with E-state index in [4.69, 9.17) is 4.74 Å². The van der Waals surface area contributed by atoms with Gasteiger partial charge in [-0.3, -0.25) is 4.79 Å². The molecule has 0 spiro atoms. The number of anilines is 1. The third kappa shape index (κ3) is 2.94. The molecule has 4 nitrogen and oxygen atoms in total. The molecule has 0 aromatic heterocycles. The second kappa shape index (κ2) is 5.87. The van der Waals surface area contributed by atoms with E-state index in [2.05, 4.69) is 26.6 Å². The monoisotopic (exact) mass is 346 g/mol. The van der Waals surface area contributed by atoms with Gasteiger partial charge in [0.1, 0.15) is 17.5 Å². The highest BCUT2D eigenvalue weighted by Crippen LogP contribution is 2.35. The number of amides is 1. The van der Waals surface area contributed by atoms with E-state index in [-0.39, 0.29) is 11.9 Å². The Morgan fingerprint density at radius 3 is 2.81 bits per heavy atom. The van der Waals surface area contributed by atoms with Crippen LogP contribution in [-0.4, -0.2) is 12.5 Å². The lowest BCUT2D eigenvalue weighted by Crippen LogP contribution is -2.27. The molecule has 0 saturated carbocycles. The van der Waals surface area contributed by atoms with Crippen LogP contribution in [0, 0.1) is 0 Å².